The van der Waals surface area contributed by atoms with Gasteiger partial charge in [0, 0.05) is 16.6 Å². The zero-order chi connectivity index (χ0) is 13.0. The molecule has 0 saturated carbocycles. The predicted molar refractivity (Wildman–Crippen MR) is 60.7 cm³/mol. The Balaban J connectivity index is 3.26. The van der Waals surface area contributed by atoms with Crippen LogP contribution >= 0.6 is 15.9 Å². The molecule has 1 aromatic rings. The van der Waals surface area contributed by atoms with Crippen molar-refractivity contribution >= 4 is 21.9 Å². The highest BCUT2D eigenvalue weighted by Gasteiger charge is 2.21. The van der Waals surface area contributed by atoms with Crippen molar-refractivity contribution in [3.05, 3.63) is 27.5 Å². The molecule has 94 valence electrons. The van der Waals surface area contributed by atoms with Gasteiger partial charge in [0.25, 0.3) is 6.43 Å². The summed E-state index contributed by atoms with van der Waals surface area (Å²) in [5.74, 6) is -0.748. The van der Waals surface area contributed by atoms with Crippen molar-refractivity contribution in [2.75, 3.05) is 6.61 Å². The number of aromatic nitrogens is 1. The number of rotatable bonds is 4. The van der Waals surface area contributed by atoms with Crippen molar-refractivity contribution in [3.63, 3.8) is 0 Å². The molecule has 1 heterocycles. The monoisotopic (exact) mass is 308 g/mol. The second kappa shape index (κ2) is 6.02. The fourth-order valence-electron chi connectivity index (χ4n) is 1.23. The van der Waals surface area contributed by atoms with E-state index < -0.39 is 18.1 Å². The van der Waals surface area contributed by atoms with Crippen LogP contribution in [0.2, 0.25) is 0 Å². The summed E-state index contributed by atoms with van der Waals surface area (Å²) >= 11 is 2.96. The molecule has 0 radical (unpaired) electrons. The van der Waals surface area contributed by atoms with Crippen molar-refractivity contribution in [2.24, 2.45) is 5.73 Å². The lowest BCUT2D eigenvalue weighted by molar-refractivity contribution is 0.0516. The predicted octanol–water partition coefficient (Wildman–Crippen LogP) is 2.42. The third-order valence-electron chi connectivity index (χ3n) is 1.98. The van der Waals surface area contributed by atoms with E-state index in [1.54, 1.807) is 6.92 Å². The zero-order valence-electron chi connectivity index (χ0n) is 9.04. The standard InChI is InChI=1S/C10H11BrF2N2O2/c1-2-17-10(16)7-5(4-14)3-6(11)8(15-7)9(12)13/h3,9H,2,4,14H2,1H3. The molecule has 0 aliphatic heterocycles. The fourth-order valence-corrected chi connectivity index (χ4v) is 1.76. The molecular formula is C10H11BrF2N2O2. The normalized spacial score (nSPS) is 10.7. The number of halogens is 3. The minimum absolute atomic E-state index is 0.0171. The summed E-state index contributed by atoms with van der Waals surface area (Å²) in [6.45, 7) is 1.78. The number of nitrogens with zero attached hydrogens (tertiary/aromatic N) is 1. The SMILES string of the molecule is CCOC(=O)c1nc(C(F)F)c(Br)cc1CN. The molecule has 4 nitrogen and oxygen atoms in total. The number of esters is 1. The number of carbonyl (C=O) groups is 1. The van der Waals surface area contributed by atoms with Gasteiger partial charge in [-0.3, -0.25) is 0 Å². The van der Waals surface area contributed by atoms with Gasteiger partial charge in [-0.25, -0.2) is 18.6 Å². The molecule has 0 aliphatic carbocycles. The Morgan fingerprint density at radius 1 is 1.65 bits per heavy atom. The van der Waals surface area contributed by atoms with Crippen LogP contribution in [-0.2, 0) is 11.3 Å². The van der Waals surface area contributed by atoms with Gasteiger partial charge in [-0.1, -0.05) is 0 Å². The Hall–Kier alpha value is -1.08. The molecule has 0 atom stereocenters. The zero-order valence-corrected chi connectivity index (χ0v) is 10.6. The van der Waals surface area contributed by atoms with Crippen LogP contribution in [0.15, 0.2) is 10.5 Å². The maximum atomic E-state index is 12.6. The van der Waals surface area contributed by atoms with E-state index in [4.69, 9.17) is 10.5 Å². The number of nitrogens with two attached hydrogens (primary N) is 1. The molecule has 0 fully saturated rings. The lowest BCUT2D eigenvalue weighted by Gasteiger charge is -2.10. The first kappa shape index (κ1) is 14.0. The van der Waals surface area contributed by atoms with Gasteiger partial charge in [-0.15, -0.1) is 0 Å². The van der Waals surface area contributed by atoms with Crippen molar-refractivity contribution in [2.45, 2.75) is 19.9 Å². The van der Waals surface area contributed by atoms with Crippen molar-refractivity contribution in [1.29, 1.82) is 0 Å². The van der Waals surface area contributed by atoms with Crippen molar-refractivity contribution in [3.8, 4) is 0 Å². The molecule has 0 aromatic carbocycles. The lowest BCUT2D eigenvalue weighted by atomic mass is 10.1. The van der Waals surface area contributed by atoms with E-state index in [0.717, 1.165) is 0 Å². The van der Waals surface area contributed by atoms with Crippen LogP contribution in [0, 0.1) is 0 Å². The number of hydrogen-bond acceptors (Lipinski definition) is 4. The van der Waals surface area contributed by atoms with Crippen LogP contribution < -0.4 is 5.73 Å². The van der Waals surface area contributed by atoms with E-state index in [-0.39, 0.29) is 23.3 Å². The van der Waals surface area contributed by atoms with Gasteiger partial charge in [-0.05, 0) is 28.9 Å². The molecule has 0 saturated heterocycles. The molecule has 0 bridgehead atoms. The van der Waals surface area contributed by atoms with Gasteiger partial charge < -0.3 is 10.5 Å². The van der Waals surface area contributed by atoms with E-state index in [2.05, 4.69) is 20.9 Å². The third kappa shape index (κ3) is 3.19. The quantitative estimate of drug-likeness (QED) is 0.868. The molecule has 1 rings (SSSR count). The summed E-state index contributed by atoms with van der Waals surface area (Å²) in [7, 11) is 0. The topological polar surface area (TPSA) is 65.2 Å². The lowest BCUT2D eigenvalue weighted by Crippen LogP contribution is -2.15. The van der Waals surface area contributed by atoms with Crippen LogP contribution in [0.3, 0.4) is 0 Å². The van der Waals surface area contributed by atoms with Gasteiger partial charge in [0.15, 0.2) is 5.69 Å². The van der Waals surface area contributed by atoms with E-state index in [1.807, 2.05) is 0 Å². The number of alkyl halides is 2. The molecule has 1 aromatic heterocycles. The minimum Gasteiger partial charge on any atom is -0.461 e. The molecule has 0 unspecified atom stereocenters. The summed E-state index contributed by atoms with van der Waals surface area (Å²) in [5.41, 5.74) is 5.13. The number of pyridine rings is 1. The summed E-state index contributed by atoms with van der Waals surface area (Å²) < 4.78 is 30.1. The maximum Gasteiger partial charge on any atom is 0.357 e. The summed E-state index contributed by atoms with van der Waals surface area (Å²) in [6, 6.07) is 1.36. The van der Waals surface area contributed by atoms with Crippen LogP contribution in [-0.4, -0.2) is 17.6 Å². The van der Waals surface area contributed by atoms with Gasteiger partial charge in [-0.2, -0.15) is 0 Å². The highest BCUT2D eigenvalue weighted by molar-refractivity contribution is 9.10. The molecule has 0 spiro atoms. The van der Waals surface area contributed by atoms with Crippen LogP contribution in [0.5, 0.6) is 0 Å². The largest absolute Gasteiger partial charge is 0.461 e. The van der Waals surface area contributed by atoms with Crippen molar-refractivity contribution in [1.82, 2.24) is 4.98 Å². The summed E-state index contributed by atoms with van der Waals surface area (Å²) in [4.78, 5) is 15.1. The van der Waals surface area contributed by atoms with E-state index in [1.165, 1.54) is 6.07 Å². The van der Waals surface area contributed by atoms with Gasteiger partial charge >= 0.3 is 5.97 Å². The Bertz CT molecular complexity index is 427. The average molecular weight is 309 g/mol. The molecular weight excluding hydrogens is 298 g/mol. The van der Waals surface area contributed by atoms with E-state index in [0.29, 0.717) is 5.56 Å². The fraction of sp³-hybridized carbons (Fsp3) is 0.400. The third-order valence-corrected chi connectivity index (χ3v) is 2.61. The van der Waals surface area contributed by atoms with E-state index >= 15 is 0 Å². The minimum atomic E-state index is -2.77. The van der Waals surface area contributed by atoms with Crippen LogP contribution in [0.1, 0.15) is 35.1 Å². The molecule has 17 heavy (non-hydrogen) atoms. The molecule has 0 amide bonds. The average Bonchev–Trinajstić information content (AvgIpc) is 2.28. The second-order valence-electron chi connectivity index (χ2n) is 3.09. The van der Waals surface area contributed by atoms with Gasteiger partial charge in [0.1, 0.15) is 5.69 Å². The highest BCUT2D eigenvalue weighted by Crippen LogP contribution is 2.27. The van der Waals surface area contributed by atoms with Gasteiger partial charge in [0.2, 0.25) is 0 Å². The first-order valence-electron chi connectivity index (χ1n) is 4.85. The van der Waals surface area contributed by atoms with Crippen LogP contribution in [0.25, 0.3) is 0 Å². The Kier molecular flexibility index (Phi) is 4.95. The maximum absolute atomic E-state index is 12.6. The Labute approximate surface area is 105 Å². The Morgan fingerprint density at radius 2 is 2.29 bits per heavy atom. The molecule has 2 N–H and O–H groups in total. The Morgan fingerprint density at radius 3 is 2.76 bits per heavy atom. The number of ether oxygens (including phenoxy) is 1. The highest BCUT2D eigenvalue weighted by atomic mass is 79.9. The first-order chi connectivity index (χ1) is 8.01. The first-order valence-corrected chi connectivity index (χ1v) is 5.65. The summed E-state index contributed by atoms with van der Waals surface area (Å²) in [5, 5.41) is 0. The number of carbonyl (C=O) groups excluding carboxylic acids is 1. The smallest absolute Gasteiger partial charge is 0.357 e. The number of hydrogen-bond donors (Lipinski definition) is 1. The van der Waals surface area contributed by atoms with E-state index in [9.17, 15) is 13.6 Å². The van der Waals surface area contributed by atoms with Crippen molar-refractivity contribution < 1.29 is 18.3 Å². The van der Waals surface area contributed by atoms with Gasteiger partial charge in [0.05, 0.1) is 6.61 Å². The molecule has 0 aliphatic rings. The summed E-state index contributed by atoms with van der Waals surface area (Å²) in [6.07, 6.45) is -2.77. The molecule has 7 heteroatoms. The van der Waals surface area contributed by atoms with Crippen LogP contribution in [0.4, 0.5) is 8.78 Å². The second-order valence-corrected chi connectivity index (χ2v) is 3.94.